The maximum atomic E-state index is 4.50. The molecule has 0 spiro atoms. The van der Waals surface area contributed by atoms with Gasteiger partial charge in [0.15, 0.2) is 15.5 Å². The van der Waals surface area contributed by atoms with E-state index in [0.29, 0.717) is 15.5 Å². The summed E-state index contributed by atoms with van der Waals surface area (Å²) in [6, 6.07) is 6.02. The summed E-state index contributed by atoms with van der Waals surface area (Å²) >= 11 is 11.6. The van der Waals surface area contributed by atoms with Crippen molar-refractivity contribution in [1.82, 2.24) is 15.0 Å². The molecule has 0 aliphatic rings. The van der Waals surface area contributed by atoms with Gasteiger partial charge in [-0.3, -0.25) is 0 Å². The van der Waals surface area contributed by atoms with Crippen LogP contribution in [0.15, 0.2) is 43.5 Å². The lowest BCUT2D eigenvalue weighted by Crippen LogP contribution is -1.95. The van der Waals surface area contributed by atoms with Gasteiger partial charge in [0.2, 0.25) is 0 Å². The highest BCUT2D eigenvalue weighted by Crippen LogP contribution is 2.32. The lowest BCUT2D eigenvalue weighted by Gasteiger charge is -2.06. The Balaban J connectivity index is 2.34. The zero-order valence-electron chi connectivity index (χ0n) is 9.78. The number of rotatable bonds is 3. The Morgan fingerprint density at radius 3 is 2.50 bits per heavy atom. The minimum atomic E-state index is 0.435. The first-order chi connectivity index (χ1) is 8.60. The third kappa shape index (κ3) is 3.34. The van der Waals surface area contributed by atoms with E-state index in [9.17, 15) is 0 Å². The SMILES string of the molecule is CSc1nc(S)nc(Sc2cccc(C)c2S)n1. The second-order valence-electron chi connectivity index (χ2n) is 3.43. The molecule has 0 radical (unpaired) electrons. The van der Waals surface area contributed by atoms with E-state index in [4.69, 9.17) is 0 Å². The number of aryl methyl sites for hydroxylation is 1. The van der Waals surface area contributed by atoms with Crippen molar-refractivity contribution in [3.8, 4) is 0 Å². The number of thiol groups is 2. The molecule has 0 aliphatic carbocycles. The Hall–Kier alpha value is -0.370. The molecule has 2 aromatic rings. The Labute approximate surface area is 125 Å². The molecule has 94 valence electrons. The Bertz CT molecular complexity index is 574. The molecule has 0 N–H and O–H groups in total. The van der Waals surface area contributed by atoms with Crippen molar-refractivity contribution in [2.24, 2.45) is 0 Å². The number of benzene rings is 1. The Morgan fingerprint density at radius 2 is 1.78 bits per heavy atom. The van der Waals surface area contributed by atoms with E-state index in [1.807, 2.05) is 31.4 Å². The van der Waals surface area contributed by atoms with Gasteiger partial charge < -0.3 is 0 Å². The first-order valence-electron chi connectivity index (χ1n) is 5.05. The number of thioether (sulfide) groups is 1. The standard InChI is InChI=1S/C11H11N3S4/c1-6-4-3-5-7(8(6)15)18-11-13-9(16)12-10(14-11)17-2/h3-5,15H,1-2H3,(H,12,13,14,16). The highest BCUT2D eigenvalue weighted by Gasteiger charge is 2.08. The van der Waals surface area contributed by atoms with Crippen LogP contribution in [0.3, 0.4) is 0 Å². The van der Waals surface area contributed by atoms with E-state index in [1.54, 1.807) is 0 Å². The molecule has 0 saturated carbocycles. The van der Waals surface area contributed by atoms with Crippen LogP contribution in [0.5, 0.6) is 0 Å². The van der Waals surface area contributed by atoms with Gasteiger partial charge in [-0.15, -0.1) is 25.3 Å². The maximum Gasteiger partial charge on any atom is 0.197 e. The summed E-state index contributed by atoms with van der Waals surface area (Å²) in [6.45, 7) is 2.02. The molecular formula is C11H11N3S4. The molecule has 0 atom stereocenters. The van der Waals surface area contributed by atoms with Gasteiger partial charge in [-0.1, -0.05) is 23.9 Å². The van der Waals surface area contributed by atoms with Gasteiger partial charge in [0.25, 0.3) is 0 Å². The molecule has 0 amide bonds. The molecule has 1 aromatic carbocycles. The average molecular weight is 313 g/mol. The van der Waals surface area contributed by atoms with Crippen molar-refractivity contribution in [3.05, 3.63) is 23.8 Å². The fraction of sp³-hybridized carbons (Fsp3) is 0.182. The second kappa shape index (κ2) is 6.18. The van der Waals surface area contributed by atoms with E-state index in [0.717, 1.165) is 15.4 Å². The summed E-state index contributed by atoms with van der Waals surface area (Å²) in [5.74, 6) is 0. The molecule has 2 rings (SSSR count). The van der Waals surface area contributed by atoms with Crippen LogP contribution in [0.4, 0.5) is 0 Å². The van der Waals surface area contributed by atoms with E-state index < -0.39 is 0 Å². The van der Waals surface area contributed by atoms with Crippen molar-refractivity contribution < 1.29 is 0 Å². The molecule has 1 heterocycles. The number of aromatic nitrogens is 3. The summed E-state index contributed by atoms with van der Waals surface area (Å²) in [7, 11) is 0. The van der Waals surface area contributed by atoms with Gasteiger partial charge in [-0.05, 0) is 36.6 Å². The van der Waals surface area contributed by atoms with Gasteiger partial charge in [-0.25, -0.2) is 0 Å². The molecule has 0 fully saturated rings. The summed E-state index contributed by atoms with van der Waals surface area (Å²) < 4.78 is 0. The summed E-state index contributed by atoms with van der Waals surface area (Å²) in [6.07, 6.45) is 1.92. The highest BCUT2D eigenvalue weighted by atomic mass is 32.2. The van der Waals surface area contributed by atoms with Crippen LogP contribution in [0.25, 0.3) is 0 Å². The number of nitrogens with zero attached hydrogens (tertiary/aromatic N) is 3. The topological polar surface area (TPSA) is 38.7 Å². The van der Waals surface area contributed by atoms with Crippen LogP contribution < -0.4 is 0 Å². The molecule has 1 aromatic heterocycles. The van der Waals surface area contributed by atoms with Crippen molar-refractivity contribution in [3.63, 3.8) is 0 Å². The third-order valence-corrected chi connectivity index (χ3v) is 4.59. The van der Waals surface area contributed by atoms with Crippen molar-refractivity contribution >= 4 is 48.8 Å². The van der Waals surface area contributed by atoms with E-state index >= 15 is 0 Å². The van der Waals surface area contributed by atoms with Crippen LogP contribution in [-0.2, 0) is 0 Å². The Kier molecular flexibility index (Phi) is 4.83. The summed E-state index contributed by atoms with van der Waals surface area (Å²) in [5, 5.41) is 1.75. The Morgan fingerprint density at radius 1 is 1.06 bits per heavy atom. The second-order valence-corrected chi connectivity index (χ2v) is 6.06. The van der Waals surface area contributed by atoms with Crippen LogP contribution >= 0.6 is 48.8 Å². The van der Waals surface area contributed by atoms with Crippen LogP contribution in [0.1, 0.15) is 5.56 Å². The fourth-order valence-corrected chi connectivity index (χ4v) is 3.17. The van der Waals surface area contributed by atoms with Gasteiger partial charge >= 0.3 is 0 Å². The van der Waals surface area contributed by atoms with Crippen molar-refractivity contribution in [1.29, 1.82) is 0 Å². The first-order valence-corrected chi connectivity index (χ1v) is 7.99. The number of hydrogen-bond acceptors (Lipinski definition) is 7. The minimum absolute atomic E-state index is 0.435. The predicted octanol–water partition coefficient (Wildman–Crippen LogP) is 3.63. The van der Waals surface area contributed by atoms with Gasteiger partial charge in [0.1, 0.15) is 0 Å². The van der Waals surface area contributed by atoms with Crippen LogP contribution in [0.2, 0.25) is 0 Å². The molecule has 0 bridgehead atoms. The quantitative estimate of drug-likeness (QED) is 0.669. The largest absolute Gasteiger partial charge is 0.197 e. The molecule has 18 heavy (non-hydrogen) atoms. The van der Waals surface area contributed by atoms with Crippen molar-refractivity contribution in [2.75, 3.05) is 6.26 Å². The molecule has 0 saturated heterocycles. The zero-order chi connectivity index (χ0) is 13.1. The molecular weight excluding hydrogens is 302 g/mol. The van der Waals surface area contributed by atoms with E-state index in [1.165, 1.54) is 23.5 Å². The first kappa shape index (κ1) is 14.0. The monoisotopic (exact) mass is 313 g/mol. The lowest BCUT2D eigenvalue weighted by atomic mass is 10.2. The number of hydrogen-bond donors (Lipinski definition) is 2. The van der Waals surface area contributed by atoms with Crippen LogP contribution in [-0.4, -0.2) is 21.2 Å². The zero-order valence-corrected chi connectivity index (χ0v) is 13.2. The minimum Gasteiger partial charge on any atom is -0.197 e. The average Bonchev–Trinajstić information content (AvgIpc) is 2.34. The molecule has 7 heteroatoms. The van der Waals surface area contributed by atoms with Gasteiger partial charge in [0.05, 0.1) is 0 Å². The normalized spacial score (nSPS) is 10.7. The van der Waals surface area contributed by atoms with Crippen LogP contribution in [0, 0.1) is 6.92 Å². The van der Waals surface area contributed by atoms with Gasteiger partial charge in [-0.2, -0.15) is 15.0 Å². The fourth-order valence-electron chi connectivity index (χ4n) is 1.28. The highest BCUT2D eigenvalue weighted by molar-refractivity contribution is 8.00. The maximum absolute atomic E-state index is 4.50. The third-order valence-electron chi connectivity index (χ3n) is 2.17. The van der Waals surface area contributed by atoms with Gasteiger partial charge in [0, 0.05) is 9.79 Å². The van der Waals surface area contributed by atoms with E-state index in [2.05, 4.69) is 40.2 Å². The molecule has 0 aliphatic heterocycles. The molecule has 3 nitrogen and oxygen atoms in total. The lowest BCUT2D eigenvalue weighted by molar-refractivity contribution is 0.720. The summed E-state index contributed by atoms with van der Waals surface area (Å²) in [5.41, 5.74) is 1.13. The molecule has 0 unspecified atom stereocenters. The van der Waals surface area contributed by atoms with Crippen molar-refractivity contribution in [2.45, 2.75) is 32.2 Å². The smallest absolute Gasteiger partial charge is 0.197 e. The predicted molar refractivity (Wildman–Crippen MR) is 81.4 cm³/mol. The van der Waals surface area contributed by atoms with E-state index in [-0.39, 0.29) is 0 Å². The summed E-state index contributed by atoms with van der Waals surface area (Å²) in [4.78, 5) is 14.6.